The first-order valence-electron chi connectivity index (χ1n) is 5.48. The third kappa shape index (κ3) is 4.00. The average molecular weight is 212 g/mol. The fourth-order valence-corrected chi connectivity index (χ4v) is 1.59. The monoisotopic (exact) mass is 212 g/mol. The highest BCUT2D eigenvalue weighted by Gasteiger charge is 2.25. The zero-order valence-electron chi connectivity index (χ0n) is 9.80. The van der Waals surface area contributed by atoms with Gasteiger partial charge in [-0.2, -0.15) is 0 Å². The Morgan fingerprint density at radius 1 is 1.20 bits per heavy atom. The molecule has 1 aliphatic rings. The van der Waals surface area contributed by atoms with Gasteiger partial charge in [0.2, 0.25) is 11.8 Å². The normalized spacial score (nSPS) is 18.5. The van der Waals surface area contributed by atoms with Gasteiger partial charge in [-0.05, 0) is 27.2 Å². The number of nitrogens with one attached hydrogen (secondary N) is 1. The van der Waals surface area contributed by atoms with Crippen LogP contribution in [0.2, 0.25) is 0 Å². The second-order valence-corrected chi connectivity index (χ2v) is 4.97. The molecule has 0 aromatic carbocycles. The lowest BCUT2D eigenvalue weighted by molar-refractivity contribution is -0.147. The van der Waals surface area contributed by atoms with Crippen LogP contribution in [0.3, 0.4) is 0 Å². The number of rotatable bonds is 3. The topological polar surface area (TPSA) is 49.4 Å². The van der Waals surface area contributed by atoms with Crippen LogP contribution in [0.25, 0.3) is 0 Å². The first-order valence-corrected chi connectivity index (χ1v) is 5.48. The van der Waals surface area contributed by atoms with E-state index in [1.165, 1.54) is 4.90 Å². The molecule has 0 spiro atoms. The second-order valence-electron chi connectivity index (χ2n) is 4.97. The lowest BCUT2D eigenvalue weighted by Crippen LogP contribution is -2.46. The third-order valence-electron chi connectivity index (χ3n) is 2.37. The maximum atomic E-state index is 11.4. The van der Waals surface area contributed by atoms with Crippen molar-refractivity contribution in [3.05, 3.63) is 0 Å². The molecule has 1 rings (SSSR count). The van der Waals surface area contributed by atoms with Crippen LogP contribution in [-0.2, 0) is 9.59 Å². The second kappa shape index (κ2) is 4.75. The summed E-state index contributed by atoms with van der Waals surface area (Å²) in [4.78, 5) is 24.3. The van der Waals surface area contributed by atoms with Gasteiger partial charge in [-0.1, -0.05) is 0 Å². The van der Waals surface area contributed by atoms with Gasteiger partial charge in [0, 0.05) is 31.5 Å². The van der Waals surface area contributed by atoms with Gasteiger partial charge in [-0.3, -0.25) is 14.5 Å². The van der Waals surface area contributed by atoms with Gasteiger partial charge in [0.25, 0.3) is 0 Å². The first-order chi connectivity index (χ1) is 6.90. The van der Waals surface area contributed by atoms with Crippen molar-refractivity contribution < 1.29 is 9.59 Å². The van der Waals surface area contributed by atoms with Crippen LogP contribution < -0.4 is 5.32 Å². The number of hydrogen-bond donors (Lipinski definition) is 1. The molecule has 0 saturated carbocycles. The molecule has 0 unspecified atom stereocenters. The molecule has 2 amide bonds. The summed E-state index contributed by atoms with van der Waals surface area (Å²) < 4.78 is 0. The van der Waals surface area contributed by atoms with Gasteiger partial charge in [0.1, 0.15) is 0 Å². The highest BCUT2D eigenvalue weighted by molar-refractivity contribution is 5.97. The van der Waals surface area contributed by atoms with Crippen LogP contribution in [0.4, 0.5) is 0 Å². The van der Waals surface area contributed by atoms with Crippen LogP contribution in [0.1, 0.15) is 40.0 Å². The zero-order chi connectivity index (χ0) is 11.5. The van der Waals surface area contributed by atoms with E-state index in [0.29, 0.717) is 32.4 Å². The number of imide groups is 1. The largest absolute Gasteiger partial charge is 0.310 e. The lowest BCUT2D eigenvalue weighted by atomic mass is 10.1. The maximum Gasteiger partial charge on any atom is 0.229 e. The number of nitrogens with zero attached hydrogens (tertiary/aromatic N) is 1. The maximum absolute atomic E-state index is 11.4. The van der Waals surface area contributed by atoms with Crippen molar-refractivity contribution in [3.63, 3.8) is 0 Å². The molecule has 1 saturated heterocycles. The van der Waals surface area contributed by atoms with E-state index in [1.54, 1.807) is 0 Å². The summed E-state index contributed by atoms with van der Waals surface area (Å²) in [6.07, 6.45) is 1.74. The molecule has 0 aromatic rings. The van der Waals surface area contributed by atoms with Crippen molar-refractivity contribution in [2.24, 2.45) is 0 Å². The molecule has 86 valence electrons. The molecule has 0 atom stereocenters. The van der Waals surface area contributed by atoms with Crippen molar-refractivity contribution in [1.29, 1.82) is 0 Å². The molecule has 4 nitrogen and oxygen atoms in total. The molecule has 0 aliphatic carbocycles. The SMILES string of the molecule is CC(C)(C)NCCN1C(=O)CCCC1=O. The Hall–Kier alpha value is -0.900. The van der Waals surface area contributed by atoms with E-state index in [2.05, 4.69) is 26.1 Å². The molecule has 15 heavy (non-hydrogen) atoms. The fourth-order valence-electron chi connectivity index (χ4n) is 1.59. The lowest BCUT2D eigenvalue weighted by Gasteiger charge is -2.27. The minimum atomic E-state index is -0.0260. The van der Waals surface area contributed by atoms with Gasteiger partial charge >= 0.3 is 0 Å². The Morgan fingerprint density at radius 2 is 1.73 bits per heavy atom. The van der Waals surface area contributed by atoms with E-state index >= 15 is 0 Å². The minimum absolute atomic E-state index is 0.0260. The molecule has 1 N–H and O–H groups in total. The summed E-state index contributed by atoms with van der Waals surface area (Å²) in [5.41, 5.74) is 0.0296. The Balaban J connectivity index is 2.36. The Bertz CT molecular complexity index is 240. The number of hydrogen-bond acceptors (Lipinski definition) is 3. The summed E-state index contributed by atoms with van der Waals surface area (Å²) in [5.74, 6) is -0.0519. The summed E-state index contributed by atoms with van der Waals surface area (Å²) >= 11 is 0. The molecule has 0 radical (unpaired) electrons. The van der Waals surface area contributed by atoms with Crippen LogP contribution in [0, 0.1) is 0 Å². The molecular weight excluding hydrogens is 192 g/mol. The van der Waals surface area contributed by atoms with Crippen LogP contribution in [0.15, 0.2) is 0 Å². The third-order valence-corrected chi connectivity index (χ3v) is 2.37. The number of amides is 2. The first kappa shape index (κ1) is 12.2. The van der Waals surface area contributed by atoms with E-state index in [1.807, 2.05) is 0 Å². The predicted molar refractivity (Wildman–Crippen MR) is 58.3 cm³/mol. The van der Waals surface area contributed by atoms with Crippen molar-refractivity contribution in [2.45, 2.75) is 45.6 Å². The van der Waals surface area contributed by atoms with Gasteiger partial charge in [-0.15, -0.1) is 0 Å². The van der Waals surface area contributed by atoms with E-state index in [4.69, 9.17) is 0 Å². The number of piperidine rings is 1. The Morgan fingerprint density at radius 3 is 2.20 bits per heavy atom. The van der Waals surface area contributed by atoms with Crippen molar-refractivity contribution in [2.75, 3.05) is 13.1 Å². The smallest absolute Gasteiger partial charge is 0.229 e. The molecule has 0 aromatic heterocycles. The Labute approximate surface area is 91.0 Å². The van der Waals surface area contributed by atoms with E-state index in [-0.39, 0.29) is 17.4 Å². The number of likely N-dealkylation sites (tertiary alicyclic amines) is 1. The van der Waals surface area contributed by atoms with Gasteiger partial charge < -0.3 is 5.32 Å². The summed E-state index contributed by atoms with van der Waals surface area (Å²) in [6, 6.07) is 0. The molecule has 4 heteroatoms. The minimum Gasteiger partial charge on any atom is -0.310 e. The van der Waals surface area contributed by atoms with Gasteiger partial charge in [0.05, 0.1) is 0 Å². The molecule has 1 heterocycles. The quantitative estimate of drug-likeness (QED) is 0.707. The van der Waals surface area contributed by atoms with Crippen molar-refractivity contribution in [1.82, 2.24) is 10.2 Å². The van der Waals surface area contributed by atoms with Crippen molar-refractivity contribution >= 4 is 11.8 Å². The van der Waals surface area contributed by atoms with Crippen molar-refractivity contribution in [3.8, 4) is 0 Å². The molecule has 1 aliphatic heterocycles. The highest BCUT2D eigenvalue weighted by Crippen LogP contribution is 2.11. The summed E-state index contributed by atoms with van der Waals surface area (Å²) in [7, 11) is 0. The number of carbonyl (C=O) groups is 2. The van der Waals surface area contributed by atoms with E-state index in [9.17, 15) is 9.59 Å². The molecule has 1 fully saturated rings. The van der Waals surface area contributed by atoms with Crippen LogP contribution in [-0.4, -0.2) is 35.3 Å². The molecular formula is C11H20N2O2. The standard InChI is InChI=1S/C11H20N2O2/c1-11(2,3)12-7-8-13-9(14)5-4-6-10(13)15/h12H,4-8H2,1-3H3. The van der Waals surface area contributed by atoms with E-state index < -0.39 is 0 Å². The fraction of sp³-hybridized carbons (Fsp3) is 0.818. The zero-order valence-corrected chi connectivity index (χ0v) is 9.80. The van der Waals surface area contributed by atoms with Crippen LogP contribution >= 0.6 is 0 Å². The summed E-state index contributed by atoms with van der Waals surface area (Å²) in [6.45, 7) is 7.35. The van der Waals surface area contributed by atoms with E-state index in [0.717, 1.165) is 0 Å². The number of carbonyl (C=O) groups excluding carboxylic acids is 2. The molecule has 0 bridgehead atoms. The highest BCUT2D eigenvalue weighted by atomic mass is 16.2. The van der Waals surface area contributed by atoms with Gasteiger partial charge in [0.15, 0.2) is 0 Å². The summed E-state index contributed by atoms with van der Waals surface area (Å²) in [5, 5.41) is 3.26. The average Bonchev–Trinajstić information content (AvgIpc) is 2.08. The predicted octanol–water partition coefficient (Wildman–Crippen LogP) is 0.914. The van der Waals surface area contributed by atoms with Crippen LogP contribution in [0.5, 0.6) is 0 Å². The Kier molecular flexibility index (Phi) is 3.85. The van der Waals surface area contributed by atoms with Gasteiger partial charge in [-0.25, -0.2) is 0 Å².